The van der Waals surface area contributed by atoms with E-state index in [-0.39, 0.29) is 18.9 Å². The van der Waals surface area contributed by atoms with Crippen molar-refractivity contribution < 1.29 is 24.2 Å². The van der Waals surface area contributed by atoms with Crippen LogP contribution >= 0.6 is 11.3 Å². The van der Waals surface area contributed by atoms with Crippen molar-refractivity contribution in [3.05, 3.63) is 71.2 Å². The number of ether oxygens (including phenoxy) is 2. The molecule has 2 bridgehead atoms. The molecule has 41 heavy (non-hydrogen) atoms. The Labute approximate surface area is 240 Å². The number of aryl methyl sites for hydroxylation is 1. The molecule has 0 radical (unpaired) electrons. The summed E-state index contributed by atoms with van der Waals surface area (Å²) < 4.78 is 12.5. The molecule has 2 aromatic heterocycles. The maximum atomic E-state index is 14.1. The molecule has 10 heteroatoms. The Kier molecular flexibility index (Phi) is 5.77. The number of fused-ring (bicyclic) bond motifs is 6. The summed E-state index contributed by atoms with van der Waals surface area (Å²) in [4.78, 5) is 39.2. The van der Waals surface area contributed by atoms with E-state index in [0.29, 0.717) is 34.3 Å². The number of nitriles is 1. The summed E-state index contributed by atoms with van der Waals surface area (Å²) in [5.41, 5.74) is -0.593. The Balaban J connectivity index is 1.19. The zero-order valence-electron chi connectivity index (χ0n) is 22.4. The van der Waals surface area contributed by atoms with Gasteiger partial charge in [-0.15, -0.1) is 11.3 Å². The summed E-state index contributed by atoms with van der Waals surface area (Å²) in [6.45, 7) is 3.84. The summed E-state index contributed by atoms with van der Waals surface area (Å²) in [5.74, 6) is -1.85. The van der Waals surface area contributed by atoms with E-state index in [1.54, 1.807) is 37.4 Å². The fourth-order valence-electron chi connectivity index (χ4n) is 6.87. The third-order valence-corrected chi connectivity index (χ3v) is 9.75. The Hall–Kier alpha value is -4.17. The number of nitrogens with zero attached hydrogens (tertiary/aromatic N) is 4. The molecule has 1 N–H and O–H groups in total. The van der Waals surface area contributed by atoms with E-state index in [1.807, 2.05) is 37.3 Å². The predicted molar refractivity (Wildman–Crippen MR) is 151 cm³/mol. The second-order valence-corrected chi connectivity index (χ2v) is 12.2. The third kappa shape index (κ3) is 3.66. The van der Waals surface area contributed by atoms with Gasteiger partial charge in [-0.1, -0.05) is 30.3 Å². The molecule has 3 aliphatic rings. The minimum absolute atomic E-state index is 0.194. The number of aliphatic hydroxyl groups excluding tert-OH is 1. The molecule has 3 aliphatic heterocycles. The van der Waals surface area contributed by atoms with Gasteiger partial charge in [0.25, 0.3) is 0 Å². The van der Waals surface area contributed by atoms with E-state index in [4.69, 9.17) is 9.47 Å². The number of anilines is 1. The quantitative estimate of drug-likeness (QED) is 0.340. The van der Waals surface area contributed by atoms with Crippen LogP contribution in [-0.2, 0) is 14.3 Å². The van der Waals surface area contributed by atoms with E-state index in [9.17, 15) is 20.0 Å². The van der Waals surface area contributed by atoms with Crippen molar-refractivity contribution in [2.45, 2.75) is 44.0 Å². The third-order valence-electron chi connectivity index (χ3n) is 8.78. The number of thiazole rings is 1. The summed E-state index contributed by atoms with van der Waals surface area (Å²) >= 11 is 1.49. The number of hydrogen-bond acceptors (Lipinski definition) is 9. The van der Waals surface area contributed by atoms with Crippen molar-refractivity contribution >= 4 is 39.6 Å². The summed E-state index contributed by atoms with van der Waals surface area (Å²) in [6, 6.07) is 18.3. The molecule has 0 unspecified atom stereocenters. The van der Waals surface area contributed by atoms with Gasteiger partial charge in [-0.25, -0.2) is 4.90 Å². The average Bonchev–Trinajstić information content (AvgIpc) is 3.65. The molecule has 2 aromatic carbocycles. The standard InChI is InChI=1S/C31H26N4O5S/c1-17-26(34-27(41-17)21-9-5-6-13-33-21)39-14-12-31-15-23(36)30(2,40-31)24-25(31)29(38)35(28(24)37)22-11-10-18(16-32)19-7-3-4-8-20(19)22/h3-11,13,23-25,36H,12,14-15H2,1-2H3/t23-,24-,25+,30-,31+/m0/s1. The van der Waals surface area contributed by atoms with E-state index in [1.165, 1.54) is 16.2 Å². The van der Waals surface area contributed by atoms with Gasteiger partial charge in [0, 0.05) is 29.8 Å². The van der Waals surface area contributed by atoms with Gasteiger partial charge in [0.15, 0.2) is 0 Å². The molecule has 7 rings (SSSR count). The highest BCUT2D eigenvalue weighted by atomic mass is 32.1. The number of imide groups is 1. The van der Waals surface area contributed by atoms with Crippen LogP contribution in [0, 0.1) is 30.1 Å². The molecule has 0 spiro atoms. The van der Waals surface area contributed by atoms with Crippen molar-refractivity contribution in [2.24, 2.45) is 11.8 Å². The van der Waals surface area contributed by atoms with Crippen LogP contribution in [0.1, 0.15) is 30.2 Å². The zero-order chi connectivity index (χ0) is 28.5. The molecule has 0 aliphatic carbocycles. The molecule has 206 valence electrons. The van der Waals surface area contributed by atoms with Gasteiger partial charge < -0.3 is 14.6 Å². The van der Waals surface area contributed by atoms with Gasteiger partial charge in [-0.3, -0.25) is 14.6 Å². The highest BCUT2D eigenvalue weighted by Crippen LogP contribution is 2.62. The average molecular weight is 567 g/mol. The lowest BCUT2D eigenvalue weighted by Crippen LogP contribution is -2.49. The van der Waals surface area contributed by atoms with Crippen LogP contribution in [0.25, 0.3) is 21.5 Å². The number of carbonyl (C=O) groups excluding carboxylic acids is 2. The van der Waals surface area contributed by atoms with E-state index in [0.717, 1.165) is 15.6 Å². The van der Waals surface area contributed by atoms with Gasteiger partial charge in [0.2, 0.25) is 17.7 Å². The van der Waals surface area contributed by atoms with Crippen molar-refractivity contribution in [1.29, 1.82) is 5.26 Å². The maximum Gasteiger partial charge on any atom is 0.240 e. The Morgan fingerprint density at radius 1 is 1.12 bits per heavy atom. The van der Waals surface area contributed by atoms with Crippen LogP contribution < -0.4 is 9.64 Å². The zero-order valence-corrected chi connectivity index (χ0v) is 23.2. The van der Waals surface area contributed by atoms with Gasteiger partial charge >= 0.3 is 0 Å². The Morgan fingerprint density at radius 3 is 2.63 bits per heavy atom. The lowest BCUT2D eigenvalue weighted by Gasteiger charge is -2.33. The first-order chi connectivity index (χ1) is 19.8. The number of amides is 2. The molecular formula is C31H26N4O5S. The highest BCUT2D eigenvalue weighted by Gasteiger charge is 2.77. The van der Waals surface area contributed by atoms with Crippen molar-refractivity contribution in [3.8, 4) is 22.7 Å². The lowest BCUT2D eigenvalue weighted by molar-refractivity contribution is -0.134. The number of benzene rings is 2. The van der Waals surface area contributed by atoms with Crippen LogP contribution in [0.5, 0.6) is 5.88 Å². The normalized spacial score (nSPS) is 28.3. The molecule has 2 amide bonds. The number of hydrogen-bond donors (Lipinski definition) is 1. The van der Waals surface area contributed by atoms with Crippen LogP contribution in [0.3, 0.4) is 0 Å². The monoisotopic (exact) mass is 566 g/mol. The second-order valence-electron chi connectivity index (χ2n) is 11.0. The minimum atomic E-state index is -1.20. The van der Waals surface area contributed by atoms with Gasteiger partial charge in [-0.05, 0) is 38.1 Å². The number of pyridine rings is 1. The first-order valence-corrected chi connectivity index (χ1v) is 14.3. The minimum Gasteiger partial charge on any atom is -0.477 e. The Morgan fingerprint density at radius 2 is 1.88 bits per heavy atom. The first kappa shape index (κ1) is 25.8. The fourth-order valence-corrected chi connectivity index (χ4v) is 7.71. The van der Waals surface area contributed by atoms with Crippen molar-refractivity contribution in [3.63, 3.8) is 0 Å². The number of aliphatic hydroxyl groups is 1. The number of aromatic nitrogens is 2. The lowest BCUT2D eigenvalue weighted by atomic mass is 9.66. The van der Waals surface area contributed by atoms with Crippen molar-refractivity contribution in [2.75, 3.05) is 11.5 Å². The highest BCUT2D eigenvalue weighted by molar-refractivity contribution is 7.15. The summed E-state index contributed by atoms with van der Waals surface area (Å²) in [5, 5.41) is 22.7. The van der Waals surface area contributed by atoms with Gasteiger partial charge in [0.05, 0.1) is 58.0 Å². The van der Waals surface area contributed by atoms with Crippen LogP contribution in [0.4, 0.5) is 5.69 Å². The fraction of sp³-hybridized carbons (Fsp3) is 0.323. The van der Waals surface area contributed by atoms with E-state index >= 15 is 0 Å². The largest absolute Gasteiger partial charge is 0.477 e. The SMILES string of the molecule is Cc1sc(-c2ccccn2)nc1OCC[C@]12C[C@H](O)[C@](C)(O1)[C@@H]1C(=O)N(c3ccc(C#N)c4ccccc34)C(=O)[C@@H]12. The van der Waals surface area contributed by atoms with Crippen LogP contribution in [0.15, 0.2) is 60.8 Å². The molecule has 3 saturated heterocycles. The molecule has 5 heterocycles. The molecule has 0 saturated carbocycles. The maximum absolute atomic E-state index is 14.1. The molecule has 3 fully saturated rings. The van der Waals surface area contributed by atoms with Gasteiger partial charge in [0.1, 0.15) is 10.6 Å². The van der Waals surface area contributed by atoms with Crippen LogP contribution in [0.2, 0.25) is 0 Å². The molecule has 9 nitrogen and oxygen atoms in total. The topological polar surface area (TPSA) is 126 Å². The van der Waals surface area contributed by atoms with E-state index in [2.05, 4.69) is 16.0 Å². The number of carbonyl (C=O) groups is 2. The van der Waals surface area contributed by atoms with Crippen LogP contribution in [-0.4, -0.2) is 50.8 Å². The van der Waals surface area contributed by atoms with Gasteiger partial charge in [-0.2, -0.15) is 10.2 Å². The Bertz CT molecular complexity index is 1770. The second kappa shape index (κ2) is 9.17. The smallest absolute Gasteiger partial charge is 0.240 e. The van der Waals surface area contributed by atoms with Crippen molar-refractivity contribution in [1.82, 2.24) is 9.97 Å². The predicted octanol–water partition coefficient (Wildman–Crippen LogP) is 4.41. The number of rotatable bonds is 6. The summed E-state index contributed by atoms with van der Waals surface area (Å²) in [7, 11) is 0. The summed E-state index contributed by atoms with van der Waals surface area (Å²) in [6.07, 6.45) is 1.34. The van der Waals surface area contributed by atoms with E-state index < -0.39 is 35.0 Å². The molecule has 4 aromatic rings. The molecular weight excluding hydrogens is 540 g/mol. The first-order valence-electron chi connectivity index (χ1n) is 13.5. The molecule has 5 atom stereocenters.